The summed E-state index contributed by atoms with van der Waals surface area (Å²) in [5, 5.41) is 12.3. The van der Waals surface area contributed by atoms with Gasteiger partial charge < -0.3 is 0 Å². The summed E-state index contributed by atoms with van der Waals surface area (Å²) in [5.41, 5.74) is 5.42. The van der Waals surface area contributed by atoms with Gasteiger partial charge in [0.05, 0.1) is 23.0 Å². The fourth-order valence-corrected chi connectivity index (χ4v) is 6.16. The minimum Gasteiger partial charge on any atom is -0.272 e. The Balaban J connectivity index is 1.28. The Morgan fingerprint density at radius 1 is 0.837 bits per heavy atom. The average Bonchev–Trinajstić information content (AvgIpc) is 3.51. The van der Waals surface area contributed by atoms with Gasteiger partial charge in [-0.3, -0.25) is 9.59 Å². The normalized spacial score (nSPS) is 14.8. The van der Waals surface area contributed by atoms with E-state index < -0.39 is 5.56 Å². The molecule has 3 heterocycles. The van der Waals surface area contributed by atoms with Gasteiger partial charge in [-0.15, -0.1) is 0 Å². The van der Waals surface area contributed by atoms with Crippen LogP contribution >= 0.6 is 11.8 Å². The van der Waals surface area contributed by atoms with Crippen molar-refractivity contribution in [2.24, 2.45) is 5.10 Å². The van der Waals surface area contributed by atoms with E-state index in [4.69, 9.17) is 15.2 Å². The third kappa shape index (κ3) is 5.08. The number of nitrogens with zero attached hydrogens (tertiary/aromatic N) is 6. The molecule has 1 aliphatic rings. The van der Waals surface area contributed by atoms with Crippen molar-refractivity contribution >= 4 is 39.9 Å². The Morgan fingerprint density at radius 2 is 1.51 bits per heavy atom. The molecule has 9 heteroatoms. The zero-order valence-corrected chi connectivity index (χ0v) is 24.1. The van der Waals surface area contributed by atoms with Crippen molar-refractivity contribution in [2.45, 2.75) is 24.5 Å². The molecule has 1 amide bonds. The van der Waals surface area contributed by atoms with E-state index in [1.165, 1.54) is 11.8 Å². The van der Waals surface area contributed by atoms with E-state index in [1.54, 1.807) is 9.52 Å². The summed E-state index contributed by atoms with van der Waals surface area (Å²) in [6.45, 7) is 1.96. The molecule has 0 unspecified atom stereocenters. The lowest BCUT2D eigenvalue weighted by Gasteiger charge is -2.22. The van der Waals surface area contributed by atoms with E-state index >= 15 is 0 Å². The molecule has 210 valence electrons. The Hall–Kier alpha value is -5.15. The average molecular weight is 583 g/mol. The Morgan fingerprint density at radius 3 is 2.23 bits per heavy atom. The Kier molecular flexibility index (Phi) is 7.00. The molecule has 1 atom stereocenters. The monoisotopic (exact) mass is 582 g/mol. The molecule has 8 nitrogen and oxygen atoms in total. The van der Waals surface area contributed by atoms with Crippen LogP contribution < -0.4 is 5.56 Å². The lowest BCUT2D eigenvalue weighted by molar-refractivity contribution is -0.130. The van der Waals surface area contributed by atoms with Gasteiger partial charge in [0.25, 0.3) is 11.5 Å². The number of hydrogen-bond acceptors (Lipinski definition) is 7. The molecule has 0 saturated heterocycles. The van der Waals surface area contributed by atoms with E-state index in [-0.39, 0.29) is 23.4 Å². The number of hydrogen-bond donors (Lipinski definition) is 0. The lowest BCUT2D eigenvalue weighted by atomic mass is 9.98. The fraction of sp³-hybridized carbons (Fsp3) is 0.118. The second-order valence-corrected chi connectivity index (χ2v) is 11.2. The van der Waals surface area contributed by atoms with Crippen LogP contribution in [0, 0.1) is 6.92 Å². The Bertz CT molecular complexity index is 2060. The molecular weight excluding hydrogens is 556 g/mol. The standard InChI is InChI=1S/C34H26N6O2S/c1-22-12-11-19-26-30(22)35-34(40-32(26)36-33(42)31(38-40)25-17-9-4-10-18-25)43-21-29(41)39-28(24-15-7-3-8-16-24)20-27(37-39)23-13-5-2-6-14-23/h2-19,28H,20-21H2,1H3/t28-/m1/s1. The summed E-state index contributed by atoms with van der Waals surface area (Å²) in [4.78, 5) is 36.4. The third-order valence-electron chi connectivity index (χ3n) is 7.51. The number of fused-ring (bicyclic) bond motifs is 3. The van der Waals surface area contributed by atoms with Gasteiger partial charge >= 0.3 is 0 Å². The first kappa shape index (κ1) is 26.7. The van der Waals surface area contributed by atoms with Crippen LogP contribution in [0.5, 0.6) is 0 Å². The number of para-hydroxylation sites is 1. The van der Waals surface area contributed by atoms with Gasteiger partial charge in [0.2, 0.25) is 0 Å². The highest BCUT2D eigenvalue weighted by Gasteiger charge is 2.33. The van der Waals surface area contributed by atoms with Crippen LogP contribution in [-0.4, -0.2) is 42.0 Å². The lowest BCUT2D eigenvalue weighted by Crippen LogP contribution is -2.28. The number of amides is 1. The fourth-order valence-electron chi connectivity index (χ4n) is 5.37. The first-order chi connectivity index (χ1) is 21.1. The number of carbonyl (C=O) groups is 1. The number of rotatable bonds is 6. The Labute approximate surface area is 251 Å². The summed E-state index contributed by atoms with van der Waals surface area (Å²) in [6, 6.07) is 34.7. The molecule has 0 radical (unpaired) electrons. The first-order valence-corrected chi connectivity index (χ1v) is 14.9. The minimum absolute atomic E-state index is 0.0723. The largest absolute Gasteiger partial charge is 0.300 e. The van der Waals surface area contributed by atoms with Crippen LogP contribution in [0.25, 0.3) is 27.8 Å². The molecule has 0 saturated carbocycles. The number of aromatic nitrogens is 4. The van der Waals surface area contributed by atoms with Gasteiger partial charge in [0.15, 0.2) is 16.5 Å². The number of benzene rings is 4. The van der Waals surface area contributed by atoms with E-state index in [2.05, 4.69) is 4.98 Å². The van der Waals surface area contributed by atoms with Crippen LogP contribution in [0.15, 0.2) is 124 Å². The highest BCUT2D eigenvalue weighted by atomic mass is 32.2. The van der Waals surface area contributed by atoms with Gasteiger partial charge in [0, 0.05) is 17.4 Å². The van der Waals surface area contributed by atoms with Gasteiger partial charge in [-0.05, 0) is 29.7 Å². The topological polar surface area (TPSA) is 92.8 Å². The molecule has 0 fully saturated rings. The molecule has 7 rings (SSSR count). The van der Waals surface area contributed by atoms with Gasteiger partial charge in [-0.2, -0.15) is 19.7 Å². The predicted molar refractivity (Wildman–Crippen MR) is 169 cm³/mol. The molecular formula is C34H26N6O2S. The molecule has 0 aliphatic carbocycles. The highest BCUT2D eigenvalue weighted by Crippen LogP contribution is 2.34. The molecule has 1 aliphatic heterocycles. The van der Waals surface area contributed by atoms with Gasteiger partial charge in [-0.1, -0.05) is 115 Å². The summed E-state index contributed by atoms with van der Waals surface area (Å²) < 4.78 is 1.58. The number of thioether (sulfide) groups is 1. The van der Waals surface area contributed by atoms with Crippen molar-refractivity contribution in [3.8, 4) is 11.3 Å². The van der Waals surface area contributed by atoms with Crippen LogP contribution in [-0.2, 0) is 4.79 Å². The summed E-state index contributed by atoms with van der Waals surface area (Å²) in [7, 11) is 0. The molecule has 4 aromatic carbocycles. The summed E-state index contributed by atoms with van der Waals surface area (Å²) in [6.07, 6.45) is 0.619. The number of aryl methyl sites for hydroxylation is 1. The first-order valence-electron chi connectivity index (χ1n) is 14.0. The smallest absolute Gasteiger partial charge is 0.272 e. The van der Waals surface area contributed by atoms with Crippen molar-refractivity contribution in [1.29, 1.82) is 0 Å². The molecule has 6 aromatic rings. The zero-order chi connectivity index (χ0) is 29.3. The number of carbonyl (C=O) groups excluding carboxylic acids is 1. The molecule has 2 aromatic heterocycles. The maximum atomic E-state index is 13.9. The van der Waals surface area contributed by atoms with Crippen LogP contribution in [0.1, 0.15) is 29.2 Å². The maximum Gasteiger partial charge on any atom is 0.300 e. The predicted octanol–water partition coefficient (Wildman–Crippen LogP) is 6.08. The van der Waals surface area contributed by atoms with Crippen LogP contribution in [0.3, 0.4) is 0 Å². The SMILES string of the molecule is Cc1cccc2c1nc(SCC(=O)N1N=C(c3ccccc3)C[C@@H]1c1ccccc1)n1nc(-c3ccccc3)c(=O)nc21. The molecule has 43 heavy (non-hydrogen) atoms. The van der Waals surface area contributed by atoms with Gasteiger partial charge in [-0.25, -0.2) is 9.99 Å². The van der Waals surface area contributed by atoms with E-state index in [0.717, 1.165) is 27.8 Å². The van der Waals surface area contributed by atoms with Crippen molar-refractivity contribution in [3.63, 3.8) is 0 Å². The van der Waals surface area contributed by atoms with Gasteiger partial charge in [0.1, 0.15) is 0 Å². The molecule has 0 bridgehead atoms. The molecule has 0 N–H and O–H groups in total. The van der Waals surface area contributed by atoms with Crippen molar-refractivity contribution in [1.82, 2.24) is 24.6 Å². The van der Waals surface area contributed by atoms with Crippen LogP contribution in [0.4, 0.5) is 0 Å². The van der Waals surface area contributed by atoms with Crippen molar-refractivity contribution in [2.75, 3.05) is 5.75 Å². The van der Waals surface area contributed by atoms with Crippen molar-refractivity contribution in [3.05, 3.63) is 136 Å². The summed E-state index contributed by atoms with van der Waals surface area (Å²) >= 11 is 1.26. The highest BCUT2D eigenvalue weighted by molar-refractivity contribution is 7.99. The molecule has 0 spiro atoms. The number of hydrazone groups is 1. The minimum atomic E-state index is -0.419. The second kappa shape index (κ2) is 11.3. The van der Waals surface area contributed by atoms with E-state index in [0.29, 0.717) is 28.3 Å². The van der Waals surface area contributed by atoms with Crippen LogP contribution in [0.2, 0.25) is 0 Å². The van der Waals surface area contributed by atoms with Crippen molar-refractivity contribution < 1.29 is 4.79 Å². The maximum absolute atomic E-state index is 13.9. The van der Waals surface area contributed by atoms with E-state index in [9.17, 15) is 9.59 Å². The second-order valence-electron chi connectivity index (χ2n) is 10.3. The third-order valence-corrected chi connectivity index (χ3v) is 8.42. The summed E-state index contributed by atoms with van der Waals surface area (Å²) in [5.74, 6) is -0.0787. The quantitative estimate of drug-likeness (QED) is 0.134. The van der Waals surface area contributed by atoms with E-state index in [1.807, 2.05) is 116 Å². The zero-order valence-electron chi connectivity index (χ0n) is 23.3.